The molecule has 1 heterocycles. The number of amides is 2. The number of benzene rings is 2. The lowest BCUT2D eigenvalue weighted by Crippen LogP contribution is -2.28. The average Bonchev–Trinajstić information content (AvgIpc) is 2.54. The van der Waals surface area contributed by atoms with Gasteiger partial charge in [-0.3, -0.25) is 9.36 Å². The van der Waals surface area contributed by atoms with Gasteiger partial charge in [-0.2, -0.15) is 0 Å². The molecule has 0 aliphatic rings. The Hall–Kier alpha value is -2.90. The molecule has 0 aliphatic carbocycles. The van der Waals surface area contributed by atoms with Crippen LogP contribution < -0.4 is 22.3 Å². The van der Waals surface area contributed by atoms with Gasteiger partial charge in [0.15, 0.2) is 0 Å². The van der Waals surface area contributed by atoms with Gasteiger partial charge >= 0.3 is 6.03 Å². The van der Waals surface area contributed by atoms with Gasteiger partial charge in [0, 0.05) is 5.69 Å². The Labute approximate surface area is 148 Å². The van der Waals surface area contributed by atoms with Crippen molar-refractivity contribution in [2.24, 2.45) is 11.5 Å². The Bertz CT molecular complexity index is 1030. The van der Waals surface area contributed by atoms with E-state index < -0.39 is 12.1 Å². The monoisotopic (exact) mass is 357 g/mol. The number of rotatable bonds is 3. The lowest BCUT2D eigenvalue weighted by molar-refractivity contribution is 0.259. The number of halogens is 1. The highest BCUT2D eigenvalue weighted by molar-refractivity contribution is 6.35. The number of urea groups is 1. The van der Waals surface area contributed by atoms with E-state index in [4.69, 9.17) is 23.1 Å². The number of fused-ring (bicyclic) bond motifs is 1. The van der Waals surface area contributed by atoms with Crippen LogP contribution >= 0.6 is 11.6 Å². The van der Waals surface area contributed by atoms with Crippen LogP contribution in [0.1, 0.15) is 18.8 Å². The first-order valence-electron chi connectivity index (χ1n) is 7.52. The Morgan fingerprint density at radius 3 is 2.68 bits per heavy atom. The normalized spacial score (nSPS) is 12.1. The second-order valence-electron chi connectivity index (χ2n) is 5.57. The van der Waals surface area contributed by atoms with Crippen molar-refractivity contribution >= 4 is 34.2 Å². The zero-order valence-corrected chi connectivity index (χ0v) is 14.1. The van der Waals surface area contributed by atoms with Gasteiger partial charge in [0.1, 0.15) is 5.82 Å². The van der Waals surface area contributed by atoms with E-state index in [9.17, 15) is 9.59 Å². The fraction of sp³-hybridized carbons (Fsp3) is 0.118. The third-order valence-corrected chi connectivity index (χ3v) is 3.97. The molecule has 0 aliphatic heterocycles. The van der Waals surface area contributed by atoms with Crippen molar-refractivity contribution in [2.75, 3.05) is 5.32 Å². The van der Waals surface area contributed by atoms with Crippen LogP contribution in [0.5, 0.6) is 0 Å². The summed E-state index contributed by atoms with van der Waals surface area (Å²) in [6.45, 7) is 1.74. The first kappa shape index (κ1) is 16.9. The summed E-state index contributed by atoms with van der Waals surface area (Å²) in [4.78, 5) is 28.7. The Morgan fingerprint density at radius 1 is 1.28 bits per heavy atom. The SMILES string of the molecule is C[C@H](N)c1nc2cccc(Cl)c2c(=O)n1-c1cccc(NC(N)=O)c1. The minimum absolute atomic E-state index is 0.307. The van der Waals surface area contributed by atoms with Crippen LogP contribution in [0.2, 0.25) is 5.02 Å². The maximum atomic E-state index is 13.1. The zero-order chi connectivity index (χ0) is 18.1. The first-order chi connectivity index (χ1) is 11.9. The molecule has 7 nitrogen and oxygen atoms in total. The molecule has 0 unspecified atom stereocenters. The molecule has 0 bridgehead atoms. The second kappa shape index (κ2) is 6.54. The highest BCUT2D eigenvalue weighted by atomic mass is 35.5. The molecule has 0 fully saturated rings. The largest absolute Gasteiger partial charge is 0.351 e. The van der Waals surface area contributed by atoms with Crippen molar-refractivity contribution < 1.29 is 4.79 Å². The predicted molar refractivity (Wildman–Crippen MR) is 98.2 cm³/mol. The fourth-order valence-corrected chi connectivity index (χ4v) is 2.88. The summed E-state index contributed by atoms with van der Waals surface area (Å²) in [7, 11) is 0. The van der Waals surface area contributed by atoms with Gasteiger partial charge in [-0.05, 0) is 37.3 Å². The van der Waals surface area contributed by atoms with Crippen molar-refractivity contribution in [1.82, 2.24) is 9.55 Å². The van der Waals surface area contributed by atoms with Crippen LogP contribution in [0.3, 0.4) is 0 Å². The molecule has 8 heteroatoms. The molecule has 0 saturated carbocycles. The molecule has 5 N–H and O–H groups in total. The van der Waals surface area contributed by atoms with Crippen LogP contribution in [-0.4, -0.2) is 15.6 Å². The number of anilines is 1. The highest BCUT2D eigenvalue weighted by Crippen LogP contribution is 2.23. The topological polar surface area (TPSA) is 116 Å². The van der Waals surface area contributed by atoms with Crippen LogP contribution in [0.15, 0.2) is 47.3 Å². The molecule has 0 spiro atoms. The van der Waals surface area contributed by atoms with Crippen molar-refractivity contribution in [3.63, 3.8) is 0 Å². The van der Waals surface area contributed by atoms with E-state index in [0.717, 1.165) is 0 Å². The molecule has 128 valence electrons. The number of aromatic nitrogens is 2. The Balaban J connectivity index is 2.33. The molecule has 1 aromatic heterocycles. The van der Waals surface area contributed by atoms with Gasteiger partial charge in [-0.15, -0.1) is 0 Å². The number of nitrogens with one attached hydrogen (secondary N) is 1. The lowest BCUT2D eigenvalue weighted by Gasteiger charge is -2.17. The van der Waals surface area contributed by atoms with E-state index in [-0.39, 0.29) is 5.56 Å². The van der Waals surface area contributed by atoms with Crippen molar-refractivity contribution in [1.29, 1.82) is 0 Å². The quantitative estimate of drug-likeness (QED) is 0.667. The van der Waals surface area contributed by atoms with E-state index in [1.165, 1.54) is 4.57 Å². The molecule has 2 aromatic carbocycles. The molecule has 3 aromatic rings. The van der Waals surface area contributed by atoms with Crippen LogP contribution in [0, 0.1) is 0 Å². The van der Waals surface area contributed by atoms with Crippen LogP contribution in [-0.2, 0) is 0 Å². The van der Waals surface area contributed by atoms with Gasteiger partial charge in [-0.1, -0.05) is 23.7 Å². The van der Waals surface area contributed by atoms with E-state index >= 15 is 0 Å². The standard InChI is InChI=1S/C17H16ClN5O2/c1-9(19)15-22-13-7-3-6-12(18)14(13)16(24)23(15)11-5-2-4-10(8-11)21-17(20)25/h2-9H,19H2,1H3,(H3,20,21,25)/t9-/m0/s1. The van der Waals surface area contributed by atoms with E-state index in [2.05, 4.69) is 10.3 Å². The minimum Gasteiger partial charge on any atom is -0.351 e. The number of hydrogen-bond donors (Lipinski definition) is 3. The third-order valence-electron chi connectivity index (χ3n) is 3.65. The Kier molecular flexibility index (Phi) is 4.43. The second-order valence-corrected chi connectivity index (χ2v) is 5.98. The third kappa shape index (κ3) is 3.19. The molecule has 0 radical (unpaired) electrons. The van der Waals surface area contributed by atoms with Crippen molar-refractivity contribution in [3.05, 3.63) is 63.7 Å². The van der Waals surface area contributed by atoms with E-state index in [1.54, 1.807) is 49.4 Å². The van der Waals surface area contributed by atoms with Gasteiger partial charge < -0.3 is 16.8 Å². The summed E-state index contributed by atoms with van der Waals surface area (Å²) in [5.41, 5.74) is 12.3. The average molecular weight is 358 g/mol. The molecular weight excluding hydrogens is 342 g/mol. The molecule has 0 saturated heterocycles. The van der Waals surface area contributed by atoms with Crippen LogP contribution in [0.25, 0.3) is 16.6 Å². The number of primary amides is 1. The van der Waals surface area contributed by atoms with Gasteiger partial charge in [0.25, 0.3) is 5.56 Å². The summed E-state index contributed by atoms with van der Waals surface area (Å²) in [5.74, 6) is 0.385. The highest BCUT2D eigenvalue weighted by Gasteiger charge is 2.17. The minimum atomic E-state index is -0.698. The zero-order valence-electron chi connectivity index (χ0n) is 13.4. The van der Waals surface area contributed by atoms with E-state index in [0.29, 0.717) is 33.1 Å². The summed E-state index contributed by atoms with van der Waals surface area (Å²) in [6, 6.07) is 10.6. The van der Waals surface area contributed by atoms with E-state index in [1.807, 2.05) is 0 Å². The fourth-order valence-electron chi connectivity index (χ4n) is 2.63. The summed E-state index contributed by atoms with van der Waals surface area (Å²) >= 11 is 6.20. The number of hydrogen-bond acceptors (Lipinski definition) is 4. The van der Waals surface area contributed by atoms with Gasteiger partial charge in [0.2, 0.25) is 0 Å². The predicted octanol–water partition coefficient (Wildman–Crippen LogP) is 2.55. The molecule has 2 amide bonds. The van der Waals surface area contributed by atoms with Crippen molar-refractivity contribution in [2.45, 2.75) is 13.0 Å². The van der Waals surface area contributed by atoms with Gasteiger partial charge in [-0.25, -0.2) is 9.78 Å². The summed E-state index contributed by atoms with van der Waals surface area (Å²) < 4.78 is 1.39. The van der Waals surface area contributed by atoms with Crippen molar-refractivity contribution in [3.8, 4) is 5.69 Å². The molecule has 25 heavy (non-hydrogen) atoms. The molecular formula is C17H16ClN5O2. The first-order valence-corrected chi connectivity index (χ1v) is 7.90. The molecule has 1 atom stereocenters. The smallest absolute Gasteiger partial charge is 0.316 e. The summed E-state index contributed by atoms with van der Waals surface area (Å²) in [6.07, 6.45) is 0. The maximum Gasteiger partial charge on any atom is 0.316 e. The Morgan fingerprint density at radius 2 is 2.00 bits per heavy atom. The summed E-state index contributed by atoms with van der Waals surface area (Å²) in [5, 5.41) is 3.10. The maximum absolute atomic E-state index is 13.1. The number of nitrogens with zero attached hydrogens (tertiary/aromatic N) is 2. The van der Waals surface area contributed by atoms with Gasteiger partial charge in [0.05, 0.1) is 27.7 Å². The number of carbonyl (C=O) groups is 1. The number of carbonyl (C=O) groups excluding carboxylic acids is 1. The lowest BCUT2D eigenvalue weighted by atomic mass is 10.2. The van der Waals surface area contributed by atoms with Crippen LogP contribution in [0.4, 0.5) is 10.5 Å². The molecule has 3 rings (SSSR count). The number of nitrogens with two attached hydrogens (primary N) is 2.